The molecule has 3 aromatic rings. The summed E-state index contributed by atoms with van der Waals surface area (Å²) in [5.74, 6) is -0.0639. The fourth-order valence-corrected chi connectivity index (χ4v) is 3.30. The quantitative estimate of drug-likeness (QED) is 0.552. The number of benzene rings is 1. The van der Waals surface area contributed by atoms with Gasteiger partial charge in [-0.3, -0.25) is 14.6 Å². The lowest BCUT2D eigenvalue weighted by Gasteiger charge is -2.03. The summed E-state index contributed by atoms with van der Waals surface area (Å²) in [6, 6.07) is 12.6. The van der Waals surface area contributed by atoms with Crippen LogP contribution in [0.1, 0.15) is 28.0 Å². The normalized spacial score (nSPS) is 10.4. The van der Waals surface area contributed by atoms with Crippen molar-refractivity contribution in [3.63, 3.8) is 0 Å². The summed E-state index contributed by atoms with van der Waals surface area (Å²) < 4.78 is 5.02. The molecule has 0 aliphatic rings. The summed E-state index contributed by atoms with van der Waals surface area (Å²) >= 11 is 1.32. The van der Waals surface area contributed by atoms with E-state index in [1.807, 2.05) is 37.3 Å². The number of aryl methyl sites for hydroxylation is 1. The molecule has 0 atom stereocenters. The summed E-state index contributed by atoms with van der Waals surface area (Å²) in [7, 11) is 0. The Morgan fingerprint density at radius 3 is 2.58 bits per heavy atom. The van der Waals surface area contributed by atoms with E-state index in [0.29, 0.717) is 22.9 Å². The van der Waals surface area contributed by atoms with Gasteiger partial charge >= 0.3 is 5.97 Å². The second-order valence-electron chi connectivity index (χ2n) is 5.56. The third kappa shape index (κ3) is 4.31. The van der Waals surface area contributed by atoms with E-state index in [4.69, 9.17) is 4.74 Å². The maximum absolute atomic E-state index is 12.4. The summed E-state index contributed by atoms with van der Waals surface area (Å²) in [6.45, 7) is 3.53. The maximum Gasteiger partial charge on any atom is 0.308 e. The molecule has 0 aliphatic carbocycles. The van der Waals surface area contributed by atoms with E-state index >= 15 is 0 Å². The fourth-order valence-electron chi connectivity index (χ4n) is 2.32. The van der Waals surface area contributed by atoms with Crippen LogP contribution in [0.15, 0.2) is 48.7 Å². The second kappa shape index (κ2) is 7.88. The van der Waals surface area contributed by atoms with Gasteiger partial charge in [-0.05, 0) is 43.3 Å². The Morgan fingerprint density at radius 1 is 1.15 bits per heavy atom. The van der Waals surface area contributed by atoms with Crippen molar-refractivity contribution in [3.8, 4) is 16.3 Å². The molecule has 0 saturated heterocycles. The van der Waals surface area contributed by atoms with Crippen molar-refractivity contribution in [1.29, 1.82) is 0 Å². The van der Waals surface area contributed by atoms with E-state index in [1.165, 1.54) is 18.3 Å². The molecule has 1 amide bonds. The van der Waals surface area contributed by atoms with Gasteiger partial charge < -0.3 is 10.1 Å². The minimum atomic E-state index is -0.366. The fraction of sp³-hybridized carbons (Fsp3) is 0.158. The Morgan fingerprint density at radius 2 is 1.92 bits per heavy atom. The van der Waals surface area contributed by atoms with Gasteiger partial charge in [0.2, 0.25) is 0 Å². The van der Waals surface area contributed by atoms with Gasteiger partial charge in [0.25, 0.3) is 5.91 Å². The molecule has 0 aliphatic heterocycles. The summed E-state index contributed by atoms with van der Waals surface area (Å²) in [5.41, 5.74) is 2.33. The Hall–Kier alpha value is -3.06. The van der Waals surface area contributed by atoms with E-state index < -0.39 is 0 Å². The molecule has 2 heterocycles. The van der Waals surface area contributed by atoms with E-state index in [2.05, 4.69) is 15.3 Å². The molecule has 3 rings (SSSR count). The van der Waals surface area contributed by atoms with Crippen molar-refractivity contribution in [2.45, 2.75) is 20.4 Å². The summed E-state index contributed by atoms with van der Waals surface area (Å²) in [4.78, 5) is 32.6. The highest BCUT2D eigenvalue weighted by molar-refractivity contribution is 7.17. The van der Waals surface area contributed by atoms with Crippen LogP contribution in [0.5, 0.6) is 5.75 Å². The number of carbonyl (C=O) groups excluding carboxylic acids is 2. The van der Waals surface area contributed by atoms with Gasteiger partial charge in [0, 0.05) is 18.7 Å². The first-order valence-corrected chi connectivity index (χ1v) is 8.79. The number of aromatic nitrogens is 2. The number of amides is 1. The minimum absolute atomic E-state index is 0.173. The Labute approximate surface area is 154 Å². The lowest BCUT2D eigenvalue weighted by Crippen LogP contribution is -2.23. The van der Waals surface area contributed by atoms with Crippen LogP contribution in [0.3, 0.4) is 0 Å². The zero-order chi connectivity index (χ0) is 18.5. The molecular weight excluding hydrogens is 350 g/mol. The van der Waals surface area contributed by atoms with Crippen molar-refractivity contribution >= 4 is 23.2 Å². The van der Waals surface area contributed by atoms with Crippen molar-refractivity contribution in [2.24, 2.45) is 0 Å². The maximum atomic E-state index is 12.4. The second-order valence-corrected chi connectivity index (χ2v) is 6.55. The molecule has 1 N–H and O–H groups in total. The number of nitrogens with one attached hydrogen (secondary N) is 1. The van der Waals surface area contributed by atoms with E-state index in [-0.39, 0.29) is 11.9 Å². The van der Waals surface area contributed by atoms with Crippen molar-refractivity contribution in [1.82, 2.24) is 15.3 Å². The lowest BCUT2D eigenvalue weighted by atomic mass is 10.2. The highest BCUT2D eigenvalue weighted by Gasteiger charge is 2.16. The molecule has 6 nitrogen and oxygen atoms in total. The van der Waals surface area contributed by atoms with Gasteiger partial charge in [0.05, 0.1) is 17.9 Å². The number of esters is 1. The minimum Gasteiger partial charge on any atom is -0.427 e. The zero-order valence-electron chi connectivity index (χ0n) is 14.4. The molecule has 1 aromatic carbocycles. The number of hydrogen-bond acceptors (Lipinski definition) is 6. The van der Waals surface area contributed by atoms with Crippen LogP contribution in [0.4, 0.5) is 0 Å². The Kier molecular flexibility index (Phi) is 5.38. The smallest absolute Gasteiger partial charge is 0.308 e. The molecule has 26 heavy (non-hydrogen) atoms. The molecule has 0 unspecified atom stereocenters. The van der Waals surface area contributed by atoms with Crippen LogP contribution in [0.25, 0.3) is 10.6 Å². The number of nitrogens with zero attached hydrogens (tertiary/aromatic N) is 2. The molecule has 7 heteroatoms. The number of thiazole rings is 1. The van der Waals surface area contributed by atoms with E-state index in [0.717, 1.165) is 16.3 Å². The third-order valence-electron chi connectivity index (χ3n) is 3.52. The van der Waals surface area contributed by atoms with Crippen LogP contribution in [0, 0.1) is 6.92 Å². The molecule has 2 aromatic heterocycles. The predicted molar refractivity (Wildman–Crippen MR) is 99.0 cm³/mol. The van der Waals surface area contributed by atoms with Gasteiger partial charge in [0.15, 0.2) is 0 Å². The van der Waals surface area contributed by atoms with Gasteiger partial charge in [-0.15, -0.1) is 11.3 Å². The van der Waals surface area contributed by atoms with Crippen LogP contribution in [-0.4, -0.2) is 21.8 Å². The average Bonchev–Trinajstić information content (AvgIpc) is 3.02. The largest absolute Gasteiger partial charge is 0.427 e. The number of rotatable bonds is 5. The van der Waals surface area contributed by atoms with Gasteiger partial charge in [-0.2, -0.15) is 0 Å². The molecule has 0 fully saturated rings. The van der Waals surface area contributed by atoms with Crippen molar-refractivity contribution < 1.29 is 14.3 Å². The topological polar surface area (TPSA) is 81.2 Å². The van der Waals surface area contributed by atoms with Crippen molar-refractivity contribution in [2.75, 3.05) is 0 Å². The summed E-state index contributed by atoms with van der Waals surface area (Å²) in [6.07, 6.45) is 1.69. The first-order valence-electron chi connectivity index (χ1n) is 7.97. The van der Waals surface area contributed by atoms with E-state index in [9.17, 15) is 9.59 Å². The first-order chi connectivity index (χ1) is 12.5. The predicted octanol–water partition coefficient (Wildman–Crippen LogP) is 3.37. The van der Waals surface area contributed by atoms with E-state index in [1.54, 1.807) is 18.3 Å². The molecule has 0 saturated carbocycles. The number of hydrogen-bond donors (Lipinski definition) is 1. The standard InChI is InChI=1S/C19H17N3O3S/c1-12-17(18(24)21-11-15-5-3-4-10-20-15)26-19(22-12)14-6-8-16(9-7-14)25-13(2)23/h3-10H,11H2,1-2H3,(H,21,24). The van der Waals surface area contributed by atoms with Crippen LogP contribution < -0.4 is 10.1 Å². The average molecular weight is 367 g/mol. The molecular formula is C19H17N3O3S. The van der Waals surface area contributed by atoms with Gasteiger partial charge in [0.1, 0.15) is 15.6 Å². The molecule has 0 radical (unpaired) electrons. The zero-order valence-corrected chi connectivity index (χ0v) is 15.2. The number of pyridine rings is 1. The summed E-state index contributed by atoms with van der Waals surface area (Å²) in [5, 5.41) is 3.60. The number of carbonyl (C=O) groups is 2. The van der Waals surface area contributed by atoms with Crippen LogP contribution in [-0.2, 0) is 11.3 Å². The lowest BCUT2D eigenvalue weighted by molar-refractivity contribution is -0.131. The SMILES string of the molecule is CC(=O)Oc1ccc(-c2nc(C)c(C(=O)NCc3ccccn3)s2)cc1. The van der Waals surface area contributed by atoms with Crippen LogP contribution >= 0.6 is 11.3 Å². The van der Waals surface area contributed by atoms with Gasteiger partial charge in [-0.1, -0.05) is 6.07 Å². The molecule has 0 bridgehead atoms. The highest BCUT2D eigenvalue weighted by atomic mass is 32.1. The monoisotopic (exact) mass is 367 g/mol. The number of ether oxygens (including phenoxy) is 1. The van der Waals surface area contributed by atoms with Crippen LogP contribution in [0.2, 0.25) is 0 Å². The Balaban J connectivity index is 1.72. The highest BCUT2D eigenvalue weighted by Crippen LogP contribution is 2.29. The third-order valence-corrected chi connectivity index (χ3v) is 4.73. The van der Waals surface area contributed by atoms with Crippen molar-refractivity contribution in [3.05, 3.63) is 64.9 Å². The van der Waals surface area contributed by atoms with Gasteiger partial charge in [-0.25, -0.2) is 4.98 Å². The molecule has 132 valence electrons. The first kappa shape index (κ1) is 17.8. The molecule has 0 spiro atoms. The Bertz CT molecular complexity index is 921.